The van der Waals surface area contributed by atoms with Gasteiger partial charge in [0.25, 0.3) is 5.91 Å². The summed E-state index contributed by atoms with van der Waals surface area (Å²) in [6.45, 7) is 4.19. The SMILES string of the molecule is Cc1ccc(C(=O)N2CCN(C)C(c3ncn4cc(-c5cccnc5)ccc34)C2)cc1. The van der Waals surface area contributed by atoms with E-state index in [0.717, 1.165) is 46.6 Å². The number of carbonyl (C=O) groups excluding carboxylic acids is 1. The molecule has 1 saturated heterocycles. The zero-order valence-electron chi connectivity index (χ0n) is 17.8. The quantitative estimate of drug-likeness (QED) is 0.514. The second-order valence-corrected chi connectivity index (χ2v) is 8.20. The van der Waals surface area contributed by atoms with Crippen molar-refractivity contribution in [1.82, 2.24) is 24.2 Å². The fourth-order valence-corrected chi connectivity index (χ4v) is 4.21. The summed E-state index contributed by atoms with van der Waals surface area (Å²) in [7, 11) is 2.10. The van der Waals surface area contributed by atoms with E-state index in [4.69, 9.17) is 4.98 Å². The van der Waals surface area contributed by atoms with E-state index >= 15 is 0 Å². The molecule has 3 aromatic heterocycles. The Kier molecular flexibility index (Phi) is 5.00. The number of imidazole rings is 1. The van der Waals surface area contributed by atoms with Crippen molar-refractivity contribution >= 4 is 11.4 Å². The fraction of sp³-hybridized carbons (Fsp3) is 0.240. The number of nitrogens with zero attached hydrogens (tertiary/aromatic N) is 5. The minimum atomic E-state index is 0.0531. The summed E-state index contributed by atoms with van der Waals surface area (Å²) in [5.74, 6) is 0.0838. The van der Waals surface area contributed by atoms with Gasteiger partial charge in [0.1, 0.15) is 0 Å². The van der Waals surface area contributed by atoms with E-state index in [1.807, 2.05) is 54.7 Å². The number of carbonyl (C=O) groups is 1. The molecule has 6 nitrogen and oxygen atoms in total. The highest BCUT2D eigenvalue weighted by Crippen LogP contribution is 2.29. The second kappa shape index (κ2) is 7.96. The van der Waals surface area contributed by atoms with Crippen LogP contribution in [0.3, 0.4) is 0 Å². The van der Waals surface area contributed by atoms with Crippen LogP contribution in [0.2, 0.25) is 0 Å². The fourth-order valence-electron chi connectivity index (χ4n) is 4.21. The summed E-state index contributed by atoms with van der Waals surface area (Å²) in [5, 5.41) is 0. The predicted molar refractivity (Wildman–Crippen MR) is 121 cm³/mol. The number of rotatable bonds is 3. The van der Waals surface area contributed by atoms with Gasteiger partial charge in [0.15, 0.2) is 0 Å². The van der Waals surface area contributed by atoms with Crippen molar-refractivity contribution in [2.45, 2.75) is 13.0 Å². The molecule has 6 heteroatoms. The van der Waals surface area contributed by atoms with Gasteiger partial charge in [-0.25, -0.2) is 4.98 Å². The van der Waals surface area contributed by atoms with E-state index in [2.05, 4.69) is 45.7 Å². The number of aryl methyl sites for hydroxylation is 1. The number of fused-ring (bicyclic) bond motifs is 1. The van der Waals surface area contributed by atoms with Gasteiger partial charge >= 0.3 is 0 Å². The number of hydrogen-bond donors (Lipinski definition) is 0. The number of piperazine rings is 1. The van der Waals surface area contributed by atoms with Crippen LogP contribution in [0.25, 0.3) is 16.6 Å². The van der Waals surface area contributed by atoms with Gasteiger partial charge in [-0.15, -0.1) is 0 Å². The molecule has 1 unspecified atom stereocenters. The van der Waals surface area contributed by atoms with E-state index in [1.165, 1.54) is 0 Å². The lowest BCUT2D eigenvalue weighted by atomic mass is 10.1. The van der Waals surface area contributed by atoms with Crippen molar-refractivity contribution in [1.29, 1.82) is 0 Å². The van der Waals surface area contributed by atoms with Gasteiger partial charge in [-0.1, -0.05) is 29.8 Å². The molecule has 1 atom stereocenters. The monoisotopic (exact) mass is 411 g/mol. The van der Waals surface area contributed by atoms with Crippen LogP contribution in [-0.2, 0) is 0 Å². The molecule has 1 aliphatic heterocycles. The second-order valence-electron chi connectivity index (χ2n) is 8.20. The van der Waals surface area contributed by atoms with Crippen LogP contribution in [0.4, 0.5) is 0 Å². The molecule has 4 heterocycles. The summed E-state index contributed by atoms with van der Waals surface area (Å²) in [6, 6.07) is 16.1. The maximum absolute atomic E-state index is 13.1. The maximum Gasteiger partial charge on any atom is 0.253 e. The summed E-state index contributed by atoms with van der Waals surface area (Å²) in [6.07, 6.45) is 7.59. The molecule has 5 rings (SSSR count). The Balaban J connectivity index is 1.43. The number of benzene rings is 1. The highest BCUT2D eigenvalue weighted by atomic mass is 16.2. The van der Waals surface area contributed by atoms with E-state index in [-0.39, 0.29) is 11.9 Å². The Hall–Kier alpha value is -3.51. The molecule has 1 aliphatic rings. The first kappa shape index (κ1) is 19.5. The molecule has 156 valence electrons. The molecule has 0 radical (unpaired) electrons. The standard InChI is InChI=1S/C25H25N5O/c1-18-5-7-19(8-6-18)25(31)29-13-12-28(2)23(16-29)24-22-10-9-21(15-30(22)17-27-24)20-4-3-11-26-14-20/h3-11,14-15,17,23H,12-13,16H2,1-2H3. The van der Waals surface area contributed by atoms with Crippen molar-refractivity contribution in [3.05, 3.63) is 90.3 Å². The van der Waals surface area contributed by atoms with Gasteiger partial charge in [0, 0.05) is 49.4 Å². The molecular formula is C25H25N5O. The van der Waals surface area contributed by atoms with Crippen LogP contribution in [0.1, 0.15) is 27.7 Å². The molecule has 0 aliphatic carbocycles. The molecule has 0 saturated carbocycles. The van der Waals surface area contributed by atoms with Crippen LogP contribution in [-0.4, -0.2) is 56.8 Å². The first-order valence-electron chi connectivity index (χ1n) is 10.5. The topological polar surface area (TPSA) is 53.7 Å². The summed E-state index contributed by atoms with van der Waals surface area (Å²) >= 11 is 0. The minimum Gasteiger partial charge on any atom is -0.335 e. The Morgan fingerprint density at radius 3 is 2.65 bits per heavy atom. The Bertz CT molecular complexity index is 1220. The molecule has 0 bridgehead atoms. The maximum atomic E-state index is 13.1. The Labute approximate surface area is 181 Å². The molecule has 31 heavy (non-hydrogen) atoms. The highest BCUT2D eigenvalue weighted by Gasteiger charge is 2.31. The molecule has 1 aromatic carbocycles. The molecule has 1 fully saturated rings. The largest absolute Gasteiger partial charge is 0.335 e. The van der Waals surface area contributed by atoms with E-state index in [0.29, 0.717) is 6.54 Å². The molecule has 0 N–H and O–H groups in total. The van der Waals surface area contributed by atoms with E-state index in [1.54, 1.807) is 6.20 Å². The van der Waals surface area contributed by atoms with Crippen molar-refractivity contribution in [2.75, 3.05) is 26.7 Å². The average molecular weight is 412 g/mol. The Morgan fingerprint density at radius 1 is 1.03 bits per heavy atom. The zero-order chi connectivity index (χ0) is 21.4. The lowest BCUT2D eigenvalue weighted by Gasteiger charge is -2.39. The summed E-state index contributed by atoms with van der Waals surface area (Å²) in [4.78, 5) is 26.3. The zero-order valence-corrected chi connectivity index (χ0v) is 17.8. The third-order valence-corrected chi connectivity index (χ3v) is 6.10. The average Bonchev–Trinajstić information content (AvgIpc) is 3.23. The first-order valence-corrected chi connectivity index (χ1v) is 10.5. The van der Waals surface area contributed by atoms with Crippen molar-refractivity contribution in [3.8, 4) is 11.1 Å². The van der Waals surface area contributed by atoms with Gasteiger partial charge in [-0.05, 0) is 43.8 Å². The van der Waals surface area contributed by atoms with Crippen molar-refractivity contribution < 1.29 is 4.79 Å². The van der Waals surface area contributed by atoms with Crippen LogP contribution in [0.5, 0.6) is 0 Å². The van der Waals surface area contributed by atoms with Crippen LogP contribution in [0.15, 0.2) is 73.4 Å². The van der Waals surface area contributed by atoms with Gasteiger partial charge in [0.2, 0.25) is 0 Å². The van der Waals surface area contributed by atoms with E-state index in [9.17, 15) is 4.79 Å². The third kappa shape index (κ3) is 3.70. The lowest BCUT2D eigenvalue weighted by Crippen LogP contribution is -2.49. The minimum absolute atomic E-state index is 0.0531. The molecule has 1 amide bonds. The molecule has 4 aromatic rings. The lowest BCUT2D eigenvalue weighted by molar-refractivity contribution is 0.0542. The van der Waals surface area contributed by atoms with Crippen LogP contribution < -0.4 is 0 Å². The van der Waals surface area contributed by atoms with Gasteiger partial charge in [-0.3, -0.25) is 14.7 Å². The van der Waals surface area contributed by atoms with Crippen LogP contribution >= 0.6 is 0 Å². The summed E-state index contributed by atoms with van der Waals surface area (Å²) < 4.78 is 2.06. The number of likely N-dealkylation sites (N-methyl/N-ethyl adjacent to an activating group) is 1. The predicted octanol–water partition coefficient (Wildman–Crippen LogP) is 3.83. The van der Waals surface area contributed by atoms with Gasteiger partial charge in [0.05, 0.1) is 23.6 Å². The first-order chi connectivity index (χ1) is 15.1. The Morgan fingerprint density at radius 2 is 1.87 bits per heavy atom. The summed E-state index contributed by atoms with van der Waals surface area (Å²) in [5.41, 5.74) is 6.13. The van der Waals surface area contributed by atoms with E-state index < -0.39 is 0 Å². The third-order valence-electron chi connectivity index (χ3n) is 6.10. The smallest absolute Gasteiger partial charge is 0.253 e. The van der Waals surface area contributed by atoms with Crippen molar-refractivity contribution in [3.63, 3.8) is 0 Å². The number of pyridine rings is 2. The van der Waals surface area contributed by atoms with Gasteiger partial charge < -0.3 is 9.30 Å². The normalized spacial score (nSPS) is 17.2. The molecule has 0 spiro atoms. The van der Waals surface area contributed by atoms with Crippen molar-refractivity contribution in [2.24, 2.45) is 0 Å². The molecular weight excluding hydrogens is 386 g/mol. The van der Waals surface area contributed by atoms with Gasteiger partial charge in [-0.2, -0.15) is 0 Å². The number of hydrogen-bond acceptors (Lipinski definition) is 4. The van der Waals surface area contributed by atoms with Crippen LogP contribution in [0, 0.1) is 6.92 Å². The number of aromatic nitrogens is 3. The number of amides is 1. The highest BCUT2D eigenvalue weighted by molar-refractivity contribution is 5.94.